The van der Waals surface area contributed by atoms with Gasteiger partial charge in [-0.1, -0.05) is 39.0 Å². The van der Waals surface area contributed by atoms with E-state index in [0.29, 0.717) is 11.1 Å². The van der Waals surface area contributed by atoms with Crippen LogP contribution in [0.15, 0.2) is 42.5 Å². The van der Waals surface area contributed by atoms with Gasteiger partial charge in [0.25, 0.3) is 5.91 Å². The molecule has 1 atom stereocenters. The van der Waals surface area contributed by atoms with Crippen LogP contribution in [0.1, 0.15) is 55.2 Å². The van der Waals surface area contributed by atoms with Crippen molar-refractivity contribution in [3.63, 3.8) is 0 Å². The number of hydrogen-bond donors (Lipinski definition) is 1. The van der Waals surface area contributed by atoms with Crippen molar-refractivity contribution in [2.24, 2.45) is 0 Å². The molecule has 2 rings (SSSR count). The molecule has 0 saturated heterocycles. The molecule has 0 aromatic heterocycles. The molecule has 0 fully saturated rings. The number of methoxy groups -OCH3 is 1. The summed E-state index contributed by atoms with van der Waals surface area (Å²) in [5, 5.41) is 2.89. The Balaban J connectivity index is 2.10. The highest BCUT2D eigenvalue weighted by atomic mass is 19.1. The van der Waals surface area contributed by atoms with Gasteiger partial charge in [0.05, 0.1) is 13.2 Å². The quantitative estimate of drug-likeness (QED) is 0.888. The van der Waals surface area contributed by atoms with Gasteiger partial charge >= 0.3 is 0 Å². The van der Waals surface area contributed by atoms with E-state index < -0.39 is 5.82 Å². The number of rotatable bonds is 4. The molecule has 1 amide bonds. The Kier molecular flexibility index (Phi) is 5.27. The zero-order valence-corrected chi connectivity index (χ0v) is 14.8. The summed E-state index contributed by atoms with van der Waals surface area (Å²) < 4.78 is 18.7. The Bertz CT molecular complexity index is 717. The van der Waals surface area contributed by atoms with Crippen LogP contribution in [0.4, 0.5) is 4.39 Å². The zero-order valence-electron chi connectivity index (χ0n) is 14.8. The molecule has 1 N–H and O–H groups in total. The predicted molar refractivity (Wildman–Crippen MR) is 94.0 cm³/mol. The van der Waals surface area contributed by atoms with Gasteiger partial charge in [0.2, 0.25) is 0 Å². The Labute approximate surface area is 142 Å². The van der Waals surface area contributed by atoms with Gasteiger partial charge in [0, 0.05) is 5.56 Å². The first kappa shape index (κ1) is 18.0. The van der Waals surface area contributed by atoms with Crippen LogP contribution in [0.5, 0.6) is 5.75 Å². The minimum Gasteiger partial charge on any atom is -0.494 e. The monoisotopic (exact) mass is 329 g/mol. The van der Waals surface area contributed by atoms with Gasteiger partial charge in [-0.05, 0) is 47.7 Å². The average molecular weight is 329 g/mol. The second-order valence-corrected chi connectivity index (χ2v) is 6.92. The Hall–Kier alpha value is -2.36. The van der Waals surface area contributed by atoms with Crippen LogP contribution in [0.25, 0.3) is 0 Å². The second kappa shape index (κ2) is 7.04. The molecule has 4 heteroatoms. The summed E-state index contributed by atoms with van der Waals surface area (Å²) >= 11 is 0. The number of nitrogens with one attached hydrogen (secondary N) is 1. The highest BCUT2D eigenvalue weighted by molar-refractivity contribution is 5.94. The topological polar surface area (TPSA) is 38.3 Å². The number of ether oxygens (including phenoxy) is 1. The summed E-state index contributed by atoms with van der Waals surface area (Å²) in [5.41, 5.74) is 2.49. The van der Waals surface area contributed by atoms with E-state index in [-0.39, 0.29) is 23.1 Å². The first-order valence-corrected chi connectivity index (χ1v) is 7.97. The number of benzene rings is 2. The molecule has 3 nitrogen and oxygen atoms in total. The Morgan fingerprint density at radius 1 is 1.12 bits per heavy atom. The summed E-state index contributed by atoms with van der Waals surface area (Å²) in [6.45, 7) is 8.20. The molecule has 0 saturated carbocycles. The maximum atomic E-state index is 13.8. The third kappa shape index (κ3) is 4.13. The van der Waals surface area contributed by atoms with Crippen molar-refractivity contribution in [2.75, 3.05) is 7.11 Å². The van der Waals surface area contributed by atoms with Crippen molar-refractivity contribution < 1.29 is 13.9 Å². The number of hydrogen-bond acceptors (Lipinski definition) is 2. The number of carbonyl (C=O) groups excluding carboxylic acids is 1. The summed E-state index contributed by atoms with van der Waals surface area (Å²) in [7, 11) is 1.42. The summed E-state index contributed by atoms with van der Waals surface area (Å²) in [6.07, 6.45) is 0. The molecule has 0 spiro atoms. The minimum absolute atomic E-state index is 0.0446. The van der Waals surface area contributed by atoms with E-state index >= 15 is 0 Å². The molecular formula is C20H24FNO2. The molecule has 128 valence electrons. The third-order valence-corrected chi connectivity index (χ3v) is 4.04. The average Bonchev–Trinajstić information content (AvgIpc) is 2.54. The van der Waals surface area contributed by atoms with Crippen LogP contribution in [-0.2, 0) is 5.41 Å². The van der Waals surface area contributed by atoms with Crippen molar-refractivity contribution in [3.8, 4) is 5.75 Å². The van der Waals surface area contributed by atoms with Crippen LogP contribution in [-0.4, -0.2) is 13.0 Å². The highest BCUT2D eigenvalue weighted by Gasteiger charge is 2.16. The summed E-state index contributed by atoms with van der Waals surface area (Å²) in [6, 6.07) is 11.9. The molecule has 1 unspecified atom stereocenters. The summed E-state index contributed by atoms with van der Waals surface area (Å²) in [4.78, 5) is 12.4. The van der Waals surface area contributed by atoms with E-state index in [1.165, 1.54) is 18.7 Å². The lowest BCUT2D eigenvalue weighted by molar-refractivity contribution is 0.0939. The first-order chi connectivity index (χ1) is 11.2. The van der Waals surface area contributed by atoms with Crippen LogP contribution in [0, 0.1) is 5.82 Å². The van der Waals surface area contributed by atoms with Crippen molar-refractivity contribution in [1.29, 1.82) is 0 Å². The van der Waals surface area contributed by atoms with Gasteiger partial charge in [-0.15, -0.1) is 0 Å². The van der Waals surface area contributed by atoms with Gasteiger partial charge in [0.1, 0.15) is 0 Å². The van der Waals surface area contributed by atoms with Crippen molar-refractivity contribution in [2.45, 2.75) is 39.2 Å². The van der Waals surface area contributed by atoms with Crippen LogP contribution < -0.4 is 10.1 Å². The van der Waals surface area contributed by atoms with Gasteiger partial charge < -0.3 is 10.1 Å². The van der Waals surface area contributed by atoms with Crippen molar-refractivity contribution in [3.05, 3.63) is 65.0 Å². The fourth-order valence-electron chi connectivity index (χ4n) is 2.44. The number of amides is 1. The molecule has 0 aliphatic rings. The van der Waals surface area contributed by atoms with E-state index in [1.54, 1.807) is 12.1 Å². The molecule has 0 bridgehead atoms. The standard InChI is InChI=1S/C20H24FNO2/c1-13(15-8-11-18(24-5)17(21)12-15)22-19(23)14-6-9-16(10-7-14)20(2,3)4/h6-13H,1-5H3,(H,22,23). The minimum atomic E-state index is -0.439. The molecule has 0 aliphatic heterocycles. The maximum Gasteiger partial charge on any atom is 0.251 e. The Morgan fingerprint density at radius 3 is 2.25 bits per heavy atom. The fourth-order valence-corrected chi connectivity index (χ4v) is 2.44. The smallest absolute Gasteiger partial charge is 0.251 e. The predicted octanol–water partition coefficient (Wildman–Crippen LogP) is 4.62. The molecule has 0 heterocycles. The Morgan fingerprint density at radius 2 is 1.75 bits per heavy atom. The van der Waals surface area contributed by atoms with E-state index in [0.717, 1.165) is 0 Å². The highest BCUT2D eigenvalue weighted by Crippen LogP contribution is 2.23. The van der Waals surface area contributed by atoms with E-state index in [4.69, 9.17) is 4.74 Å². The second-order valence-electron chi connectivity index (χ2n) is 6.92. The van der Waals surface area contributed by atoms with Crippen LogP contribution in [0.3, 0.4) is 0 Å². The molecule has 0 radical (unpaired) electrons. The van der Waals surface area contributed by atoms with Gasteiger partial charge in [0.15, 0.2) is 11.6 Å². The fraction of sp³-hybridized carbons (Fsp3) is 0.350. The number of halogens is 1. The lowest BCUT2D eigenvalue weighted by Gasteiger charge is -2.19. The molecule has 2 aromatic rings. The first-order valence-electron chi connectivity index (χ1n) is 7.97. The third-order valence-electron chi connectivity index (χ3n) is 4.04. The van der Waals surface area contributed by atoms with Gasteiger partial charge in [-0.3, -0.25) is 4.79 Å². The largest absolute Gasteiger partial charge is 0.494 e. The molecule has 0 aliphatic carbocycles. The maximum absolute atomic E-state index is 13.8. The lowest BCUT2D eigenvalue weighted by Crippen LogP contribution is -2.26. The normalized spacial score (nSPS) is 12.6. The van der Waals surface area contributed by atoms with Crippen LogP contribution in [0.2, 0.25) is 0 Å². The van der Waals surface area contributed by atoms with Gasteiger partial charge in [-0.2, -0.15) is 0 Å². The van der Waals surface area contributed by atoms with Gasteiger partial charge in [-0.25, -0.2) is 4.39 Å². The van der Waals surface area contributed by atoms with Crippen molar-refractivity contribution >= 4 is 5.91 Å². The number of carbonyl (C=O) groups is 1. The lowest BCUT2D eigenvalue weighted by atomic mass is 9.86. The zero-order chi connectivity index (χ0) is 17.9. The molecule has 24 heavy (non-hydrogen) atoms. The van der Waals surface area contributed by atoms with E-state index in [9.17, 15) is 9.18 Å². The SMILES string of the molecule is COc1ccc(C(C)NC(=O)c2ccc(C(C)(C)C)cc2)cc1F. The molecular weight excluding hydrogens is 305 g/mol. The summed E-state index contributed by atoms with van der Waals surface area (Å²) in [5.74, 6) is -0.431. The molecule has 2 aromatic carbocycles. The van der Waals surface area contributed by atoms with E-state index in [2.05, 4.69) is 26.1 Å². The van der Waals surface area contributed by atoms with Crippen molar-refractivity contribution in [1.82, 2.24) is 5.32 Å². The van der Waals surface area contributed by atoms with Crippen LogP contribution >= 0.6 is 0 Å². The van der Waals surface area contributed by atoms with E-state index in [1.807, 2.05) is 31.2 Å².